The summed E-state index contributed by atoms with van der Waals surface area (Å²) in [6.45, 7) is 0. The number of hydrogen-bond acceptors (Lipinski definition) is 7. The van der Waals surface area contributed by atoms with E-state index in [-0.39, 0.29) is 18.3 Å². The molecule has 212 valence electrons. The molecule has 2 aromatic rings. The van der Waals surface area contributed by atoms with Crippen molar-refractivity contribution in [1.29, 1.82) is 0 Å². The van der Waals surface area contributed by atoms with Crippen molar-refractivity contribution < 1.29 is 9.90 Å². The predicted octanol–water partition coefficient (Wildman–Crippen LogP) is 3.74. The molecule has 2 aliphatic carbocycles. The van der Waals surface area contributed by atoms with E-state index in [4.69, 9.17) is 10.7 Å². The molecule has 8 nitrogen and oxygen atoms in total. The van der Waals surface area contributed by atoms with Crippen LogP contribution in [-0.4, -0.2) is 41.7 Å². The third-order valence-electron chi connectivity index (χ3n) is 7.33. The Morgan fingerprint density at radius 2 is 1.73 bits per heavy atom. The van der Waals surface area contributed by atoms with Crippen LogP contribution in [0.15, 0.2) is 89.3 Å². The van der Waals surface area contributed by atoms with Gasteiger partial charge in [0.15, 0.2) is 6.29 Å². The second-order valence-corrected chi connectivity index (χ2v) is 10.6. The van der Waals surface area contributed by atoms with E-state index >= 15 is 0 Å². The number of nitrogens with two attached hydrogens (primary N) is 1. The molecule has 1 atom stereocenters. The molecule has 0 saturated heterocycles. The van der Waals surface area contributed by atoms with Gasteiger partial charge in [-0.25, -0.2) is 4.99 Å². The van der Waals surface area contributed by atoms with Crippen molar-refractivity contribution in [1.82, 2.24) is 16.0 Å². The molecule has 41 heavy (non-hydrogen) atoms. The highest BCUT2D eigenvalue weighted by Crippen LogP contribution is 2.24. The Morgan fingerprint density at radius 3 is 2.44 bits per heavy atom. The van der Waals surface area contributed by atoms with Gasteiger partial charge in [-0.1, -0.05) is 48.2 Å². The minimum absolute atomic E-state index is 0.105. The summed E-state index contributed by atoms with van der Waals surface area (Å²) < 4.78 is 0. The first-order valence-corrected chi connectivity index (χ1v) is 14.4. The smallest absolute Gasteiger partial charge is 0.251 e. The molecule has 2 fully saturated rings. The summed E-state index contributed by atoms with van der Waals surface area (Å²) in [5.41, 5.74) is 9.95. The minimum atomic E-state index is -0.336. The summed E-state index contributed by atoms with van der Waals surface area (Å²) >= 11 is 0. The van der Waals surface area contributed by atoms with Crippen molar-refractivity contribution in [2.75, 3.05) is 5.32 Å². The topological polar surface area (TPSA) is 124 Å². The number of carbonyl (C=O) groups is 1. The summed E-state index contributed by atoms with van der Waals surface area (Å²) in [7, 11) is 0. The van der Waals surface area contributed by atoms with Gasteiger partial charge in [0, 0.05) is 47.1 Å². The Labute approximate surface area is 241 Å². The fraction of sp³-hybridized carbons (Fsp3) is 0.333. The maximum Gasteiger partial charge on any atom is 0.251 e. The van der Waals surface area contributed by atoms with Gasteiger partial charge in [-0.05, 0) is 80.6 Å². The van der Waals surface area contributed by atoms with Crippen LogP contribution in [0, 0.1) is 11.8 Å². The van der Waals surface area contributed by atoms with Crippen LogP contribution < -0.4 is 27.0 Å². The molecule has 8 heteroatoms. The number of amides is 1. The first-order chi connectivity index (χ1) is 20.1. The van der Waals surface area contributed by atoms with Crippen LogP contribution in [0.1, 0.15) is 56.1 Å². The second kappa shape index (κ2) is 13.7. The Balaban J connectivity index is 1.19. The average molecular weight is 551 g/mol. The molecule has 1 amide bonds. The minimum Gasteiger partial charge on any atom is -0.405 e. The van der Waals surface area contributed by atoms with Crippen LogP contribution in [0.4, 0.5) is 5.69 Å². The van der Waals surface area contributed by atoms with Gasteiger partial charge in [-0.3, -0.25) is 4.79 Å². The number of aliphatic hydroxyl groups is 1. The zero-order valence-corrected chi connectivity index (χ0v) is 23.1. The predicted molar refractivity (Wildman–Crippen MR) is 164 cm³/mol. The molecule has 2 saturated carbocycles. The van der Waals surface area contributed by atoms with E-state index in [0.29, 0.717) is 24.1 Å². The van der Waals surface area contributed by atoms with Gasteiger partial charge >= 0.3 is 0 Å². The number of rotatable bonds is 9. The average Bonchev–Trinajstić information content (AvgIpc) is 3.81. The number of nitrogens with one attached hydrogen (secondary N) is 4. The normalized spacial score (nSPS) is 22.5. The number of hydrogen-bond donors (Lipinski definition) is 6. The molecule has 1 aliphatic heterocycles. The number of carbonyl (C=O) groups excluding carboxylic acids is 1. The fourth-order valence-corrected chi connectivity index (χ4v) is 4.88. The number of benzene rings is 2. The molecule has 0 spiro atoms. The van der Waals surface area contributed by atoms with Gasteiger partial charge < -0.3 is 32.1 Å². The fourth-order valence-electron chi connectivity index (χ4n) is 4.88. The van der Waals surface area contributed by atoms with Crippen molar-refractivity contribution in [3.63, 3.8) is 0 Å². The van der Waals surface area contributed by atoms with Gasteiger partial charge in [-0.2, -0.15) is 0 Å². The highest BCUT2D eigenvalue weighted by Gasteiger charge is 2.25. The Morgan fingerprint density at radius 1 is 1.00 bits per heavy atom. The lowest BCUT2D eigenvalue weighted by Crippen LogP contribution is -2.46. The van der Waals surface area contributed by atoms with Gasteiger partial charge in [0.25, 0.3) is 5.91 Å². The molecule has 5 rings (SSSR count). The summed E-state index contributed by atoms with van der Waals surface area (Å²) in [4.78, 5) is 17.0. The van der Waals surface area contributed by atoms with Gasteiger partial charge in [0.1, 0.15) is 5.82 Å². The molecule has 3 aliphatic rings. The zero-order chi connectivity index (χ0) is 28.4. The third-order valence-corrected chi connectivity index (χ3v) is 7.33. The van der Waals surface area contributed by atoms with E-state index in [1.165, 1.54) is 6.20 Å². The van der Waals surface area contributed by atoms with E-state index in [1.807, 2.05) is 48.7 Å². The van der Waals surface area contributed by atoms with E-state index in [9.17, 15) is 9.90 Å². The number of aliphatic hydroxyl groups excluding tert-OH is 1. The molecule has 0 bridgehead atoms. The quantitative estimate of drug-likeness (QED) is 0.161. The molecule has 0 aromatic heterocycles. The highest BCUT2D eigenvalue weighted by atomic mass is 16.3. The molecule has 7 N–H and O–H groups in total. The first-order valence-electron chi connectivity index (χ1n) is 14.4. The van der Waals surface area contributed by atoms with Crippen LogP contribution in [0.25, 0.3) is 5.57 Å². The molecular formula is C33H38N6O2. The van der Waals surface area contributed by atoms with Crippen LogP contribution in [0.5, 0.6) is 0 Å². The van der Waals surface area contributed by atoms with Crippen molar-refractivity contribution in [2.45, 2.75) is 69.4 Å². The van der Waals surface area contributed by atoms with Gasteiger partial charge in [0.05, 0.1) is 6.10 Å². The highest BCUT2D eigenvalue weighted by molar-refractivity contribution is 6.11. The summed E-state index contributed by atoms with van der Waals surface area (Å²) in [6.07, 6.45) is 12.2. The lowest BCUT2D eigenvalue weighted by atomic mass is 9.93. The lowest BCUT2D eigenvalue weighted by Gasteiger charge is -2.32. The summed E-state index contributed by atoms with van der Waals surface area (Å²) in [6, 6.07) is 18.7. The number of aliphatic imine (C=N–C) groups is 1. The van der Waals surface area contributed by atoms with Crippen LogP contribution in [-0.2, 0) is 4.79 Å². The third kappa shape index (κ3) is 8.26. The molecule has 0 radical (unpaired) electrons. The maximum absolute atomic E-state index is 12.3. The van der Waals surface area contributed by atoms with Gasteiger partial charge in [0.2, 0.25) is 0 Å². The van der Waals surface area contributed by atoms with Crippen molar-refractivity contribution in [3.05, 3.63) is 95.5 Å². The van der Waals surface area contributed by atoms with E-state index < -0.39 is 0 Å². The SMILES string of the molecule is N/C=C\C(=C/CC#Cc1ccc(NC2N=CC(c3ccccc3)=C(NC3CCC(O)CC3)N2)cc1)C(=O)NC1CC1. The van der Waals surface area contributed by atoms with Gasteiger partial charge in [-0.15, -0.1) is 0 Å². The van der Waals surface area contributed by atoms with Crippen LogP contribution in [0.3, 0.4) is 0 Å². The van der Waals surface area contributed by atoms with E-state index in [0.717, 1.165) is 66.7 Å². The maximum atomic E-state index is 12.3. The zero-order valence-electron chi connectivity index (χ0n) is 23.1. The number of anilines is 1. The van der Waals surface area contributed by atoms with Crippen LogP contribution in [0.2, 0.25) is 0 Å². The molecule has 1 heterocycles. The largest absolute Gasteiger partial charge is 0.405 e. The van der Waals surface area contributed by atoms with Crippen molar-refractivity contribution >= 4 is 23.4 Å². The van der Waals surface area contributed by atoms with E-state index in [2.05, 4.69) is 45.2 Å². The van der Waals surface area contributed by atoms with Crippen LogP contribution >= 0.6 is 0 Å². The summed E-state index contributed by atoms with van der Waals surface area (Å²) in [5, 5.41) is 23.5. The molecule has 1 unspecified atom stereocenters. The number of nitrogens with zero attached hydrogens (tertiary/aromatic N) is 1. The Bertz CT molecular complexity index is 1370. The number of allylic oxidation sites excluding steroid dienone is 2. The Hall–Kier alpha value is -4.48. The first kappa shape index (κ1) is 28.1. The second-order valence-electron chi connectivity index (χ2n) is 10.6. The lowest BCUT2D eigenvalue weighted by molar-refractivity contribution is -0.117. The molecular weight excluding hydrogens is 512 g/mol. The standard InChI is InChI=1S/C33H38N6O2/c34-21-20-25(32(41)37-27-14-15-27)9-5-4-6-23-10-12-28(13-11-23)38-33-35-22-30(24-7-2-1-3-8-24)31(39-33)36-26-16-18-29(40)19-17-26/h1-3,7-13,20-22,26-27,29,33,36,38-40H,5,14-19,34H2,(H,37,41)/b21-20-,25-9+. The van der Waals surface area contributed by atoms with E-state index in [1.54, 1.807) is 12.2 Å². The summed E-state index contributed by atoms with van der Waals surface area (Å²) in [5.74, 6) is 7.11. The van der Waals surface area contributed by atoms with Crippen molar-refractivity contribution in [3.8, 4) is 11.8 Å². The van der Waals surface area contributed by atoms with Crippen molar-refractivity contribution in [2.24, 2.45) is 10.7 Å². The molecule has 2 aromatic carbocycles. The monoisotopic (exact) mass is 550 g/mol. The Kier molecular flexibility index (Phi) is 9.40.